The Morgan fingerprint density at radius 2 is 2.25 bits per heavy atom. The minimum absolute atomic E-state index is 0.219. The molecule has 2 aromatic heterocycles. The molecule has 0 amide bonds. The topological polar surface area (TPSA) is 68.1 Å². The second-order valence-corrected chi connectivity index (χ2v) is 7.92. The van der Waals surface area contributed by atoms with Gasteiger partial charge in [0.25, 0.3) is 10.0 Å². The summed E-state index contributed by atoms with van der Waals surface area (Å²) in [5.74, 6) is 0.713. The molecule has 2 aromatic rings. The highest BCUT2D eigenvalue weighted by Gasteiger charge is 2.37. The fourth-order valence-corrected chi connectivity index (χ4v) is 5.34. The van der Waals surface area contributed by atoms with Crippen LogP contribution in [0.5, 0.6) is 0 Å². The van der Waals surface area contributed by atoms with E-state index in [1.165, 1.54) is 11.3 Å². The van der Waals surface area contributed by atoms with E-state index in [4.69, 9.17) is 0 Å². The number of hydrogen-bond donors (Lipinski definition) is 0. The lowest BCUT2D eigenvalue weighted by molar-refractivity contribution is 0.243. The zero-order valence-electron chi connectivity index (χ0n) is 11.1. The number of hydrogen-bond acceptors (Lipinski definition) is 5. The van der Waals surface area contributed by atoms with Crippen molar-refractivity contribution in [1.82, 2.24) is 19.1 Å². The molecule has 1 saturated heterocycles. The van der Waals surface area contributed by atoms with Crippen LogP contribution in [0.25, 0.3) is 0 Å². The molecule has 1 atom stereocenters. The van der Waals surface area contributed by atoms with Crippen LogP contribution in [0, 0.1) is 0 Å². The Kier molecular flexibility index (Phi) is 3.61. The standard InChI is InChI=1S/C12H16N4O2S2/c1-15-9-13-14-12(15)10-5-2-3-7-16(10)20(17,18)11-6-4-8-19-11/h4,6,8-10H,2-3,5,7H2,1H3/t10-/m0/s1. The van der Waals surface area contributed by atoms with E-state index in [2.05, 4.69) is 10.2 Å². The third-order valence-corrected chi connectivity index (χ3v) is 6.84. The third kappa shape index (κ3) is 2.27. The van der Waals surface area contributed by atoms with Gasteiger partial charge in [0.2, 0.25) is 0 Å². The molecule has 1 aliphatic heterocycles. The van der Waals surface area contributed by atoms with Gasteiger partial charge in [0.1, 0.15) is 10.5 Å². The summed E-state index contributed by atoms with van der Waals surface area (Å²) in [4.78, 5) is 0. The van der Waals surface area contributed by atoms with Gasteiger partial charge in [0, 0.05) is 13.6 Å². The summed E-state index contributed by atoms with van der Waals surface area (Å²) in [5, 5.41) is 9.75. The van der Waals surface area contributed by atoms with Gasteiger partial charge >= 0.3 is 0 Å². The Bertz CT molecular complexity index is 678. The maximum absolute atomic E-state index is 12.7. The average molecular weight is 312 g/mol. The zero-order valence-corrected chi connectivity index (χ0v) is 12.8. The van der Waals surface area contributed by atoms with Crippen LogP contribution in [-0.4, -0.2) is 34.0 Å². The molecule has 3 heterocycles. The van der Waals surface area contributed by atoms with Gasteiger partial charge in [-0.2, -0.15) is 4.31 Å². The Hall–Kier alpha value is -1.25. The second-order valence-electron chi connectivity index (χ2n) is 4.86. The lowest BCUT2D eigenvalue weighted by Crippen LogP contribution is -2.39. The van der Waals surface area contributed by atoms with Crippen molar-refractivity contribution in [2.24, 2.45) is 7.05 Å². The molecule has 0 bridgehead atoms. The molecule has 6 nitrogen and oxygen atoms in total. The van der Waals surface area contributed by atoms with E-state index in [9.17, 15) is 8.42 Å². The van der Waals surface area contributed by atoms with Crippen LogP contribution in [0.1, 0.15) is 31.1 Å². The molecular formula is C12H16N4O2S2. The summed E-state index contributed by atoms with van der Waals surface area (Å²) in [6.07, 6.45) is 4.30. The highest BCUT2D eigenvalue weighted by atomic mass is 32.2. The molecule has 0 aromatic carbocycles. The number of aryl methyl sites for hydroxylation is 1. The summed E-state index contributed by atoms with van der Waals surface area (Å²) in [6, 6.07) is 3.20. The van der Waals surface area contributed by atoms with Crippen LogP contribution >= 0.6 is 11.3 Å². The van der Waals surface area contributed by atoms with Gasteiger partial charge in [-0.15, -0.1) is 21.5 Å². The first-order chi connectivity index (χ1) is 9.60. The maximum Gasteiger partial charge on any atom is 0.253 e. The Labute approximate surface area is 122 Å². The molecule has 108 valence electrons. The van der Waals surface area contributed by atoms with Gasteiger partial charge < -0.3 is 4.57 Å². The molecule has 1 fully saturated rings. The SMILES string of the molecule is Cn1cnnc1[C@@H]1CCCCN1S(=O)(=O)c1cccs1. The summed E-state index contributed by atoms with van der Waals surface area (Å²) in [7, 11) is -1.59. The highest BCUT2D eigenvalue weighted by molar-refractivity contribution is 7.91. The molecule has 8 heteroatoms. The summed E-state index contributed by atoms with van der Waals surface area (Å²) in [5.41, 5.74) is 0. The van der Waals surface area contributed by atoms with E-state index in [0.29, 0.717) is 16.6 Å². The lowest BCUT2D eigenvalue weighted by Gasteiger charge is -2.33. The third-order valence-electron chi connectivity index (χ3n) is 3.56. The highest BCUT2D eigenvalue weighted by Crippen LogP contribution is 2.35. The molecule has 0 N–H and O–H groups in total. The van der Waals surface area contributed by atoms with Crippen molar-refractivity contribution >= 4 is 21.4 Å². The van der Waals surface area contributed by atoms with E-state index >= 15 is 0 Å². The Balaban J connectivity index is 2.00. The Morgan fingerprint density at radius 1 is 1.40 bits per heavy atom. The van der Waals surface area contributed by atoms with Gasteiger partial charge in [-0.25, -0.2) is 8.42 Å². The first-order valence-electron chi connectivity index (χ1n) is 6.50. The van der Waals surface area contributed by atoms with Crippen LogP contribution in [0.2, 0.25) is 0 Å². The molecule has 0 unspecified atom stereocenters. The minimum atomic E-state index is -3.44. The molecule has 0 spiro atoms. The number of sulfonamides is 1. The summed E-state index contributed by atoms with van der Waals surface area (Å²) >= 11 is 1.25. The molecule has 0 radical (unpaired) electrons. The van der Waals surface area contributed by atoms with Crippen LogP contribution in [0.15, 0.2) is 28.0 Å². The van der Waals surface area contributed by atoms with Gasteiger partial charge in [-0.3, -0.25) is 0 Å². The van der Waals surface area contributed by atoms with Crippen molar-refractivity contribution in [2.75, 3.05) is 6.54 Å². The van der Waals surface area contributed by atoms with E-state index in [0.717, 1.165) is 19.3 Å². The fourth-order valence-electron chi connectivity index (χ4n) is 2.57. The van der Waals surface area contributed by atoms with Gasteiger partial charge in [0.05, 0.1) is 6.04 Å². The van der Waals surface area contributed by atoms with Gasteiger partial charge in [-0.1, -0.05) is 12.5 Å². The van der Waals surface area contributed by atoms with Crippen molar-refractivity contribution in [3.63, 3.8) is 0 Å². The minimum Gasteiger partial charge on any atom is -0.319 e. The lowest BCUT2D eigenvalue weighted by atomic mass is 10.0. The normalized spacial score (nSPS) is 21.1. The molecule has 20 heavy (non-hydrogen) atoms. The monoisotopic (exact) mass is 312 g/mol. The predicted octanol–water partition coefficient (Wildman–Crippen LogP) is 1.79. The fraction of sp³-hybridized carbons (Fsp3) is 0.500. The number of nitrogens with zero attached hydrogens (tertiary/aromatic N) is 4. The van der Waals surface area contributed by atoms with E-state index in [-0.39, 0.29) is 6.04 Å². The van der Waals surface area contributed by atoms with Crippen LogP contribution in [0.3, 0.4) is 0 Å². The van der Waals surface area contributed by atoms with Crippen molar-refractivity contribution in [1.29, 1.82) is 0 Å². The number of piperidine rings is 1. The molecule has 3 rings (SSSR count). The van der Waals surface area contributed by atoms with Crippen LogP contribution < -0.4 is 0 Å². The van der Waals surface area contributed by atoms with E-state index in [1.807, 2.05) is 7.05 Å². The average Bonchev–Trinajstić information content (AvgIpc) is 3.10. The van der Waals surface area contributed by atoms with E-state index in [1.54, 1.807) is 32.7 Å². The molecule has 0 saturated carbocycles. The quantitative estimate of drug-likeness (QED) is 0.866. The zero-order chi connectivity index (χ0) is 14.2. The molecule has 0 aliphatic carbocycles. The van der Waals surface area contributed by atoms with Gasteiger partial charge in [-0.05, 0) is 24.3 Å². The summed E-state index contributed by atoms with van der Waals surface area (Å²) < 4.78 is 29.3. The first kappa shape index (κ1) is 13.7. The predicted molar refractivity (Wildman–Crippen MR) is 75.8 cm³/mol. The number of aromatic nitrogens is 3. The van der Waals surface area contributed by atoms with Crippen molar-refractivity contribution in [3.8, 4) is 0 Å². The number of rotatable bonds is 3. The van der Waals surface area contributed by atoms with E-state index < -0.39 is 10.0 Å². The maximum atomic E-state index is 12.7. The smallest absolute Gasteiger partial charge is 0.253 e. The van der Waals surface area contributed by atoms with Crippen molar-refractivity contribution in [2.45, 2.75) is 29.5 Å². The van der Waals surface area contributed by atoms with Crippen molar-refractivity contribution in [3.05, 3.63) is 29.7 Å². The second kappa shape index (κ2) is 5.27. The largest absolute Gasteiger partial charge is 0.319 e. The first-order valence-corrected chi connectivity index (χ1v) is 8.82. The molecule has 1 aliphatic rings. The van der Waals surface area contributed by atoms with Gasteiger partial charge in [0.15, 0.2) is 5.82 Å². The van der Waals surface area contributed by atoms with Crippen LogP contribution in [-0.2, 0) is 17.1 Å². The van der Waals surface area contributed by atoms with Crippen LogP contribution in [0.4, 0.5) is 0 Å². The summed E-state index contributed by atoms with van der Waals surface area (Å²) in [6.45, 7) is 0.539. The molecular weight excluding hydrogens is 296 g/mol. The Morgan fingerprint density at radius 3 is 2.90 bits per heavy atom. The van der Waals surface area contributed by atoms with Crippen molar-refractivity contribution < 1.29 is 8.42 Å². The number of thiophene rings is 1.